The Labute approximate surface area is 154 Å². The molecule has 1 aliphatic carbocycles. The molecule has 3 rings (SSSR count). The summed E-state index contributed by atoms with van der Waals surface area (Å²) in [6.45, 7) is 8.87. The maximum absolute atomic E-state index is 12.4. The molecule has 26 heavy (non-hydrogen) atoms. The highest BCUT2D eigenvalue weighted by Crippen LogP contribution is 2.39. The molecule has 7 nitrogen and oxygen atoms in total. The Balaban J connectivity index is 2.03. The Hall–Kier alpha value is -2.44. The van der Waals surface area contributed by atoms with Crippen LogP contribution in [0.15, 0.2) is 18.2 Å². The van der Waals surface area contributed by atoms with Gasteiger partial charge >= 0.3 is 6.03 Å². The number of benzene rings is 1. The summed E-state index contributed by atoms with van der Waals surface area (Å²) >= 11 is 0. The van der Waals surface area contributed by atoms with E-state index < -0.39 is 5.54 Å². The third-order valence-electron chi connectivity index (χ3n) is 5.30. The van der Waals surface area contributed by atoms with Crippen LogP contribution in [0, 0.1) is 19.8 Å². The largest absolute Gasteiger partial charge is 0.338 e. The van der Waals surface area contributed by atoms with Crippen molar-refractivity contribution >= 4 is 6.03 Å². The van der Waals surface area contributed by atoms with Crippen LogP contribution in [0.4, 0.5) is 4.79 Å². The van der Waals surface area contributed by atoms with E-state index in [0.29, 0.717) is 18.3 Å². The van der Waals surface area contributed by atoms with Gasteiger partial charge in [0.15, 0.2) is 5.82 Å². The Morgan fingerprint density at radius 3 is 2.69 bits per heavy atom. The first-order valence-electron chi connectivity index (χ1n) is 9.37. The third kappa shape index (κ3) is 3.57. The van der Waals surface area contributed by atoms with Crippen LogP contribution < -0.4 is 10.6 Å². The van der Waals surface area contributed by atoms with E-state index in [9.17, 15) is 4.79 Å². The van der Waals surface area contributed by atoms with Crippen molar-refractivity contribution in [2.24, 2.45) is 5.92 Å². The Kier molecular flexibility index (Phi) is 5.25. The second kappa shape index (κ2) is 7.43. The van der Waals surface area contributed by atoms with Crippen molar-refractivity contribution in [3.63, 3.8) is 0 Å². The number of tetrazole rings is 1. The lowest BCUT2D eigenvalue weighted by Gasteiger charge is -2.38. The summed E-state index contributed by atoms with van der Waals surface area (Å²) in [4.78, 5) is 12.4. The van der Waals surface area contributed by atoms with Gasteiger partial charge in [-0.2, -0.15) is 4.68 Å². The van der Waals surface area contributed by atoms with Gasteiger partial charge in [-0.05, 0) is 74.4 Å². The highest BCUT2D eigenvalue weighted by molar-refractivity contribution is 5.74. The number of carbonyl (C=O) groups is 1. The van der Waals surface area contributed by atoms with Gasteiger partial charge in [0.1, 0.15) is 5.54 Å². The zero-order valence-electron chi connectivity index (χ0n) is 16.0. The molecule has 7 heteroatoms. The van der Waals surface area contributed by atoms with Gasteiger partial charge in [0.2, 0.25) is 0 Å². The fraction of sp³-hybridized carbons (Fsp3) is 0.579. The minimum absolute atomic E-state index is 0.169. The molecule has 1 aromatic carbocycles. The molecule has 140 valence electrons. The average molecular weight is 356 g/mol. The van der Waals surface area contributed by atoms with Gasteiger partial charge < -0.3 is 10.6 Å². The van der Waals surface area contributed by atoms with Gasteiger partial charge in [0.05, 0.1) is 5.69 Å². The minimum Gasteiger partial charge on any atom is -0.338 e. The van der Waals surface area contributed by atoms with Gasteiger partial charge in [-0.25, -0.2) is 4.79 Å². The molecule has 2 N–H and O–H groups in total. The van der Waals surface area contributed by atoms with Crippen LogP contribution in [0.25, 0.3) is 5.69 Å². The minimum atomic E-state index is -0.549. The van der Waals surface area contributed by atoms with E-state index in [2.05, 4.69) is 59.1 Å². The summed E-state index contributed by atoms with van der Waals surface area (Å²) in [7, 11) is 0. The number of hydrogen-bond acceptors (Lipinski definition) is 4. The Morgan fingerprint density at radius 2 is 2.04 bits per heavy atom. The van der Waals surface area contributed by atoms with E-state index in [1.165, 1.54) is 5.56 Å². The number of hydrogen-bond donors (Lipinski definition) is 2. The number of urea groups is 1. The lowest BCUT2D eigenvalue weighted by Crippen LogP contribution is -2.53. The van der Waals surface area contributed by atoms with Crippen LogP contribution in [0.3, 0.4) is 0 Å². The summed E-state index contributed by atoms with van der Waals surface area (Å²) in [6.07, 6.45) is 3.73. The molecule has 1 aromatic heterocycles. The zero-order valence-corrected chi connectivity index (χ0v) is 16.0. The fourth-order valence-corrected chi connectivity index (χ4v) is 3.77. The van der Waals surface area contributed by atoms with Gasteiger partial charge in [-0.1, -0.05) is 24.6 Å². The first kappa shape index (κ1) is 18.4. The highest BCUT2D eigenvalue weighted by atomic mass is 16.2. The molecule has 0 saturated heterocycles. The van der Waals surface area contributed by atoms with Gasteiger partial charge in [0.25, 0.3) is 0 Å². The predicted molar refractivity (Wildman–Crippen MR) is 100 cm³/mol. The van der Waals surface area contributed by atoms with E-state index >= 15 is 0 Å². The molecule has 0 unspecified atom stereocenters. The normalized spacial score (nSPS) is 22.8. The van der Waals surface area contributed by atoms with Crippen LogP contribution >= 0.6 is 0 Å². The summed E-state index contributed by atoms with van der Waals surface area (Å²) in [6, 6.07) is 6.04. The summed E-state index contributed by atoms with van der Waals surface area (Å²) in [5.41, 5.74) is 2.71. The standard InChI is InChI=1S/C19H28N6O/c1-5-20-18(26)21-19(10-8-13(2)9-11-19)17-22-23-24-25(17)16-7-6-14(3)12-15(16)4/h6-7,12-13H,5,8-11H2,1-4H3,(H2,20,21,26). The maximum atomic E-state index is 12.4. The average Bonchev–Trinajstić information content (AvgIpc) is 3.07. The van der Waals surface area contributed by atoms with Crippen molar-refractivity contribution in [1.82, 2.24) is 30.8 Å². The van der Waals surface area contributed by atoms with Crippen molar-refractivity contribution in [2.75, 3.05) is 6.54 Å². The molecule has 0 radical (unpaired) electrons. The van der Waals surface area contributed by atoms with Crippen molar-refractivity contribution in [3.8, 4) is 5.69 Å². The van der Waals surface area contributed by atoms with Crippen LogP contribution in [0.2, 0.25) is 0 Å². The first-order chi connectivity index (χ1) is 12.4. The van der Waals surface area contributed by atoms with Crippen molar-refractivity contribution in [1.29, 1.82) is 0 Å². The Morgan fingerprint density at radius 1 is 1.31 bits per heavy atom. The molecular formula is C19H28N6O. The van der Waals surface area contributed by atoms with Gasteiger partial charge in [0, 0.05) is 6.54 Å². The molecule has 1 fully saturated rings. The topological polar surface area (TPSA) is 84.7 Å². The first-order valence-corrected chi connectivity index (χ1v) is 9.37. The Bertz CT molecular complexity index is 776. The summed E-state index contributed by atoms with van der Waals surface area (Å²) in [5, 5.41) is 18.6. The molecule has 2 amide bonds. The van der Waals surface area contributed by atoms with Crippen LogP contribution in [-0.2, 0) is 5.54 Å². The fourth-order valence-electron chi connectivity index (χ4n) is 3.77. The molecule has 0 atom stereocenters. The van der Waals surface area contributed by atoms with Crippen molar-refractivity contribution in [3.05, 3.63) is 35.2 Å². The molecule has 1 heterocycles. The number of carbonyl (C=O) groups excluding carboxylic acids is 1. The molecular weight excluding hydrogens is 328 g/mol. The summed E-state index contributed by atoms with van der Waals surface area (Å²) in [5.74, 6) is 1.35. The molecule has 0 bridgehead atoms. The number of amides is 2. The second-order valence-electron chi connectivity index (χ2n) is 7.45. The van der Waals surface area contributed by atoms with Crippen LogP contribution in [0.1, 0.15) is 56.5 Å². The number of aromatic nitrogens is 4. The van der Waals surface area contributed by atoms with E-state index in [1.807, 2.05) is 13.0 Å². The van der Waals surface area contributed by atoms with Crippen LogP contribution in [-0.4, -0.2) is 32.8 Å². The lowest BCUT2D eigenvalue weighted by molar-refractivity contribution is 0.176. The van der Waals surface area contributed by atoms with Gasteiger partial charge in [-0.3, -0.25) is 0 Å². The smallest absolute Gasteiger partial charge is 0.315 e. The van der Waals surface area contributed by atoms with Gasteiger partial charge in [-0.15, -0.1) is 5.10 Å². The van der Waals surface area contributed by atoms with Crippen LogP contribution in [0.5, 0.6) is 0 Å². The predicted octanol–water partition coefficient (Wildman–Crippen LogP) is 3.00. The molecule has 1 aliphatic rings. The van der Waals surface area contributed by atoms with Crippen molar-refractivity contribution < 1.29 is 4.79 Å². The quantitative estimate of drug-likeness (QED) is 0.882. The third-order valence-corrected chi connectivity index (χ3v) is 5.30. The number of rotatable bonds is 4. The van der Waals surface area contributed by atoms with E-state index in [0.717, 1.165) is 36.9 Å². The number of aryl methyl sites for hydroxylation is 2. The summed E-state index contributed by atoms with van der Waals surface area (Å²) < 4.78 is 1.79. The lowest BCUT2D eigenvalue weighted by atomic mass is 9.76. The molecule has 0 spiro atoms. The van der Waals surface area contributed by atoms with E-state index in [4.69, 9.17) is 0 Å². The van der Waals surface area contributed by atoms with Crippen molar-refractivity contribution in [2.45, 2.75) is 58.9 Å². The molecule has 0 aliphatic heterocycles. The molecule has 2 aromatic rings. The molecule has 1 saturated carbocycles. The SMILES string of the molecule is CCNC(=O)NC1(c2nnnn2-c2ccc(C)cc2C)CCC(C)CC1. The monoisotopic (exact) mass is 356 g/mol. The zero-order chi connectivity index (χ0) is 18.7. The maximum Gasteiger partial charge on any atom is 0.315 e. The number of nitrogens with one attached hydrogen (secondary N) is 2. The van der Waals surface area contributed by atoms with E-state index in [1.54, 1.807) is 4.68 Å². The highest BCUT2D eigenvalue weighted by Gasteiger charge is 2.42. The number of nitrogens with zero attached hydrogens (tertiary/aromatic N) is 4. The van der Waals surface area contributed by atoms with E-state index in [-0.39, 0.29) is 6.03 Å². The second-order valence-corrected chi connectivity index (χ2v) is 7.45.